The normalized spacial score (nSPS) is 14.3. The second-order valence-corrected chi connectivity index (χ2v) is 8.53. The number of hydrazine groups is 1. The number of hydrazone groups is 1. The summed E-state index contributed by atoms with van der Waals surface area (Å²) in [5.41, 5.74) is 13.4. The van der Waals surface area contributed by atoms with E-state index >= 15 is 0 Å². The van der Waals surface area contributed by atoms with Gasteiger partial charge < -0.3 is 30.7 Å². The Bertz CT molecular complexity index is 1360. The molecule has 1 atom stereocenters. The molecular formula is C24H25F4N7O4. The van der Waals surface area contributed by atoms with Crippen molar-refractivity contribution in [2.45, 2.75) is 32.0 Å². The Balaban J connectivity index is 1.64. The molecule has 1 amide bonds. The zero-order valence-electron chi connectivity index (χ0n) is 20.3. The van der Waals surface area contributed by atoms with Crippen LogP contribution in [0, 0.1) is 17.6 Å². The van der Waals surface area contributed by atoms with Gasteiger partial charge >= 0.3 is 6.61 Å². The van der Waals surface area contributed by atoms with Crippen molar-refractivity contribution in [3.63, 3.8) is 0 Å². The van der Waals surface area contributed by atoms with Gasteiger partial charge in [0.1, 0.15) is 23.5 Å². The van der Waals surface area contributed by atoms with Gasteiger partial charge in [-0.2, -0.15) is 8.78 Å². The van der Waals surface area contributed by atoms with Crippen molar-refractivity contribution in [3.05, 3.63) is 65.1 Å². The van der Waals surface area contributed by atoms with E-state index in [0.717, 1.165) is 25.0 Å². The minimum Gasteiger partial charge on any atom is -0.489 e. The molecule has 0 saturated heterocycles. The van der Waals surface area contributed by atoms with Crippen LogP contribution in [0.2, 0.25) is 0 Å². The maximum Gasteiger partial charge on any atom is 0.387 e. The van der Waals surface area contributed by atoms with Gasteiger partial charge in [-0.1, -0.05) is 6.07 Å². The van der Waals surface area contributed by atoms with E-state index in [1.807, 2.05) is 5.53 Å². The molecule has 0 spiro atoms. The molecule has 1 unspecified atom stereocenters. The minimum atomic E-state index is -3.07. The van der Waals surface area contributed by atoms with Crippen molar-refractivity contribution < 1.29 is 36.2 Å². The molecule has 0 radical (unpaired) electrons. The van der Waals surface area contributed by atoms with Crippen LogP contribution in [0.4, 0.5) is 17.6 Å². The maximum absolute atomic E-state index is 14.5. The molecule has 1 saturated carbocycles. The maximum atomic E-state index is 14.5. The number of oxazole rings is 1. The number of amides is 1. The van der Waals surface area contributed by atoms with Crippen molar-refractivity contribution in [3.8, 4) is 23.0 Å². The number of alkyl halides is 2. The van der Waals surface area contributed by atoms with Crippen molar-refractivity contribution in [1.29, 1.82) is 0 Å². The third-order valence-corrected chi connectivity index (χ3v) is 5.71. The number of nitrogens with two attached hydrogens (primary N) is 3. The lowest BCUT2D eigenvalue weighted by Crippen LogP contribution is -2.40. The molecule has 1 heterocycles. The highest BCUT2D eigenvalue weighted by Crippen LogP contribution is 2.36. The van der Waals surface area contributed by atoms with E-state index in [1.54, 1.807) is 0 Å². The summed E-state index contributed by atoms with van der Waals surface area (Å²) in [6.45, 7) is -3.00. The number of carbonyl (C=O) groups is 1. The third kappa shape index (κ3) is 6.74. The Morgan fingerprint density at radius 1 is 1.18 bits per heavy atom. The van der Waals surface area contributed by atoms with Crippen LogP contribution in [-0.4, -0.2) is 29.9 Å². The smallest absolute Gasteiger partial charge is 0.387 e. The van der Waals surface area contributed by atoms with Gasteiger partial charge in [0, 0.05) is 17.2 Å². The average molecular weight is 552 g/mol. The van der Waals surface area contributed by atoms with Crippen LogP contribution in [0.25, 0.3) is 11.5 Å². The van der Waals surface area contributed by atoms with Gasteiger partial charge in [0.2, 0.25) is 5.89 Å². The molecular weight excluding hydrogens is 526 g/mol. The number of halogens is 4. The molecule has 0 aliphatic heterocycles. The van der Waals surface area contributed by atoms with Gasteiger partial charge in [0.25, 0.3) is 5.91 Å². The Kier molecular flexibility index (Phi) is 8.51. The molecule has 0 bridgehead atoms. The van der Waals surface area contributed by atoms with Crippen molar-refractivity contribution in [2.75, 3.05) is 6.61 Å². The van der Waals surface area contributed by atoms with Crippen LogP contribution < -0.4 is 37.6 Å². The monoisotopic (exact) mass is 551 g/mol. The van der Waals surface area contributed by atoms with E-state index in [2.05, 4.69) is 20.1 Å². The van der Waals surface area contributed by atoms with Gasteiger partial charge in [0.15, 0.2) is 23.0 Å². The molecule has 1 aromatic heterocycles. The van der Waals surface area contributed by atoms with E-state index in [1.165, 1.54) is 18.2 Å². The SMILES string of the molecule is NCc1oc(-c2ccc(OC(F)F)c(OCC3CC3)c2)nc1C(=O)NC(/C(N)=N/NN)c1ccc(F)cc1F. The molecule has 8 N–H and O–H groups in total. The quantitative estimate of drug-likeness (QED) is 0.0745. The first-order chi connectivity index (χ1) is 18.7. The van der Waals surface area contributed by atoms with Crippen LogP contribution in [0.1, 0.15) is 40.7 Å². The summed E-state index contributed by atoms with van der Waals surface area (Å²) in [7, 11) is 0. The Hall–Kier alpha value is -4.37. The van der Waals surface area contributed by atoms with E-state index in [-0.39, 0.29) is 52.4 Å². The number of aromatic nitrogens is 1. The van der Waals surface area contributed by atoms with E-state index in [9.17, 15) is 22.4 Å². The number of amidine groups is 1. The van der Waals surface area contributed by atoms with Gasteiger partial charge in [-0.05, 0) is 43.0 Å². The number of hydrogen-bond donors (Lipinski definition) is 5. The van der Waals surface area contributed by atoms with Gasteiger partial charge in [-0.25, -0.2) is 25.1 Å². The molecule has 15 heteroatoms. The van der Waals surface area contributed by atoms with E-state index in [4.69, 9.17) is 26.5 Å². The number of rotatable bonds is 12. The topological polar surface area (TPSA) is 176 Å². The fourth-order valence-corrected chi connectivity index (χ4v) is 3.62. The molecule has 39 heavy (non-hydrogen) atoms. The molecule has 3 aromatic rings. The third-order valence-electron chi connectivity index (χ3n) is 5.71. The number of nitrogens with one attached hydrogen (secondary N) is 2. The second kappa shape index (κ2) is 12.0. The van der Waals surface area contributed by atoms with Crippen LogP contribution in [0.3, 0.4) is 0 Å². The summed E-state index contributed by atoms with van der Waals surface area (Å²) in [6, 6.07) is 5.34. The summed E-state index contributed by atoms with van der Waals surface area (Å²) in [5, 5.41) is 6.04. The summed E-state index contributed by atoms with van der Waals surface area (Å²) >= 11 is 0. The Labute approximate surface area is 219 Å². The average Bonchev–Trinajstić information content (AvgIpc) is 3.62. The van der Waals surface area contributed by atoms with Crippen LogP contribution in [0.15, 0.2) is 45.9 Å². The van der Waals surface area contributed by atoms with Gasteiger partial charge in [0.05, 0.1) is 13.2 Å². The van der Waals surface area contributed by atoms with Crippen molar-refractivity contribution >= 4 is 11.7 Å². The fraction of sp³-hybridized carbons (Fsp3) is 0.292. The Morgan fingerprint density at radius 3 is 2.59 bits per heavy atom. The number of hydrogen-bond acceptors (Lipinski definition) is 9. The first kappa shape index (κ1) is 27.7. The highest BCUT2D eigenvalue weighted by atomic mass is 19.3. The number of ether oxygens (including phenoxy) is 2. The zero-order chi connectivity index (χ0) is 28.1. The van der Waals surface area contributed by atoms with Crippen molar-refractivity contribution in [2.24, 2.45) is 28.3 Å². The molecule has 2 aromatic carbocycles. The second-order valence-electron chi connectivity index (χ2n) is 8.53. The first-order valence-electron chi connectivity index (χ1n) is 11.7. The summed E-state index contributed by atoms with van der Waals surface area (Å²) < 4.78 is 69.6. The molecule has 1 aliphatic carbocycles. The van der Waals surface area contributed by atoms with E-state index < -0.39 is 30.2 Å². The zero-order valence-corrected chi connectivity index (χ0v) is 20.3. The van der Waals surface area contributed by atoms with Crippen LogP contribution >= 0.6 is 0 Å². The van der Waals surface area contributed by atoms with Crippen molar-refractivity contribution in [1.82, 2.24) is 15.8 Å². The standard InChI is InChI=1S/C24H25F4N7O4/c25-13-4-5-14(15(26)8-13)19(21(30)34-35-31)32-22(36)20-18(9-29)38-23(33-20)12-3-6-16(39-24(27)28)17(7-12)37-10-11-1-2-11/h3-8,11,19,24,35H,1-2,9-10,29,31H2,(H2,30,34)(H,32,36). The predicted molar refractivity (Wildman–Crippen MR) is 130 cm³/mol. The lowest BCUT2D eigenvalue weighted by Gasteiger charge is -2.19. The molecule has 11 nitrogen and oxygen atoms in total. The number of nitrogens with zero attached hydrogens (tertiary/aromatic N) is 2. The fourth-order valence-electron chi connectivity index (χ4n) is 3.62. The summed E-state index contributed by atoms with van der Waals surface area (Å²) in [6.07, 6.45) is 1.95. The molecule has 4 rings (SSSR count). The minimum absolute atomic E-state index is 0.0401. The number of carbonyl (C=O) groups excluding carboxylic acids is 1. The highest BCUT2D eigenvalue weighted by molar-refractivity contribution is 5.98. The Morgan fingerprint density at radius 2 is 1.95 bits per heavy atom. The largest absolute Gasteiger partial charge is 0.489 e. The highest BCUT2D eigenvalue weighted by Gasteiger charge is 2.28. The van der Waals surface area contributed by atoms with Gasteiger partial charge in [-0.3, -0.25) is 4.79 Å². The summed E-state index contributed by atoms with van der Waals surface area (Å²) in [5.74, 6) is 2.19. The van der Waals surface area contributed by atoms with Gasteiger partial charge in [-0.15, -0.1) is 5.10 Å². The predicted octanol–water partition coefficient (Wildman–Crippen LogP) is 2.68. The lowest BCUT2D eigenvalue weighted by molar-refractivity contribution is -0.0515. The summed E-state index contributed by atoms with van der Waals surface area (Å²) in [4.78, 5) is 17.4. The van der Waals surface area contributed by atoms with Crippen LogP contribution in [-0.2, 0) is 6.54 Å². The van der Waals surface area contributed by atoms with Crippen LogP contribution in [0.5, 0.6) is 11.5 Å². The molecule has 1 aliphatic rings. The number of benzene rings is 2. The molecule has 208 valence electrons. The van der Waals surface area contributed by atoms with E-state index in [0.29, 0.717) is 18.6 Å². The first-order valence-corrected chi connectivity index (χ1v) is 11.7. The lowest BCUT2D eigenvalue weighted by atomic mass is 10.0. The molecule has 1 fully saturated rings.